The second-order valence-corrected chi connectivity index (χ2v) is 7.52. The van der Waals surface area contributed by atoms with Crippen molar-refractivity contribution in [2.75, 3.05) is 4.72 Å². The van der Waals surface area contributed by atoms with Crippen LogP contribution in [0.2, 0.25) is 0 Å². The van der Waals surface area contributed by atoms with Crippen LogP contribution in [0.1, 0.15) is 18.2 Å². The van der Waals surface area contributed by atoms with Gasteiger partial charge in [-0.1, -0.05) is 29.8 Å². The number of ether oxygens (including phenoxy) is 1. The molecular weight excluding hydrogens is 350 g/mol. The second kappa shape index (κ2) is 7.61. The number of nitrogens with zero attached hydrogens (tertiary/aromatic N) is 2. The van der Waals surface area contributed by atoms with Crippen molar-refractivity contribution < 1.29 is 13.2 Å². The predicted molar refractivity (Wildman–Crippen MR) is 101 cm³/mol. The van der Waals surface area contributed by atoms with Crippen LogP contribution in [0.4, 0.5) is 5.69 Å². The van der Waals surface area contributed by atoms with Gasteiger partial charge >= 0.3 is 0 Å². The molecule has 1 heterocycles. The summed E-state index contributed by atoms with van der Waals surface area (Å²) in [5.74, 6) is 0.465. The number of hydrogen-bond acceptors (Lipinski definition) is 4. The fourth-order valence-corrected chi connectivity index (χ4v) is 3.59. The van der Waals surface area contributed by atoms with Gasteiger partial charge in [0.2, 0.25) is 0 Å². The van der Waals surface area contributed by atoms with Gasteiger partial charge in [-0.25, -0.2) is 8.42 Å². The van der Waals surface area contributed by atoms with E-state index in [1.807, 2.05) is 24.6 Å². The van der Waals surface area contributed by atoms with Crippen LogP contribution in [-0.2, 0) is 23.2 Å². The van der Waals surface area contributed by atoms with Crippen LogP contribution in [0.15, 0.2) is 65.7 Å². The molecule has 0 atom stereocenters. The van der Waals surface area contributed by atoms with Gasteiger partial charge in [-0.3, -0.25) is 9.40 Å². The van der Waals surface area contributed by atoms with Gasteiger partial charge in [-0.05, 0) is 44.2 Å². The Kier molecular flexibility index (Phi) is 5.27. The fourth-order valence-electron chi connectivity index (χ4n) is 2.52. The van der Waals surface area contributed by atoms with Crippen LogP contribution >= 0.6 is 0 Å². The number of benzene rings is 2. The van der Waals surface area contributed by atoms with Crippen molar-refractivity contribution in [1.82, 2.24) is 9.78 Å². The van der Waals surface area contributed by atoms with E-state index in [9.17, 15) is 8.42 Å². The maximum atomic E-state index is 12.6. The van der Waals surface area contributed by atoms with E-state index in [2.05, 4.69) is 9.82 Å². The quantitative estimate of drug-likeness (QED) is 0.689. The predicted octanol–water partition coefficient (Wildman–Crippen LogP) is 3.59. The third-order valence-electron chi connectivity index (χ3n) is 3.94. The van der Waals surface area contributed by atoms with Gasteiger partial charge in [-0.15, -0.1) is 0 Å². The highest BCUT2D eigenvalue weighted by atomic mass is 32.2. The minimum atomic E-state index is -3.69. The number of aromatic nitrogens is 2. The minimum Gasteiger partial charge on any atom is -0.485 e. The summed E-state index contributed by atoms with van der Waals surface area (Å²) in [4.78, 5) is 0.210. The molecule has 0 amide bonds. The van der Waals surface area contributed by atoms with Gasteiger partial charge < -0.3 is 4.74 Å². The molecule has 3 aromatic rings. The van der Waals surface area contributed by atoms with Gasteiger partial charge in [0.1, 0.15) is 12.4 Å². The molecular formula is C19H21N3O3S. The van der Waals surface area contributed by atoms with E-state index < -0.39 is 10.0 Å². The Morgan fingerprint density at radius 2 is 1.81 bits per heavy atom. The van der Waals surface area contributed by atoms with Crippen molar-refractivity contribution in [3.8, 4) is 5.75 Å². The molecule has 0 aliphatic carbocycles. The molecule has 0 bridgehead atoms. The van der Waals surface area contributed by atoms with E-state index in [0.29, 0.717) is 18.0 Å². The molecule has 0 radical (unpaired) electrons. The molecule has 1 N–H and O–H groups in total. The third-order valence-corrected chi connectivity index (χ3v) is 5.32. The maximum Gasteiger partial charge on any atom is 0.262 e. The topological polar surface area (TPSA) is 73.2 Å². The fraction of sp³-hybridized carbons (Fsp3) is 0.211. The first-order valence-corrected chi connectivity index (χ1v) is 9.80. The van der Waals surface area contributed by atoms with Crippen molar-refractivity contribution in [3.05, 3.63) is 72.1 Å². The van der Waals surface area contributed by atoms with Crippen molar-refractivity contribution in [2.45, 2.75) is 31.9 Å². The lowest BCUT2D eigenvalue weighted by Crippen LogP contribution is -2.14. The lowest BCUT2D eigenvalue weighted by atomic mass is 10.2. The highest BCUT2D eigenvalue weighted by molar-refractivity contribution is 7.92. The van der Waals surface area contributed by atoms with E-state index >= 15 is 0 Å². The van der Waals surface area contributed by atoms with Crippen molar-refractivity contribution in [2.24, 2.45) is 0 Å². The Morgan fingerprint density at radius 1 is 1.08 bits per heavy atom. The SMILES string of the molecule is CCn1nccc1COc1ccccc1NS(=O)(=O)c1ccc(C)cc1. The molecule has 0 unspecified atom stereocenters. The van der Waals surface area contributed by atoms with Crippen LogP contribution in [-0.4, -0.2) is 18.2 Å². The standard InChI is InChI=1S/C19H21N3O3S/c1-3-22-16(12-13-20-22)14-25-19-7-5-4-6-18(19)21-26(23,24)17-10-8-15(2)9-11-17/h4-13,21H,3,14H2,1-2H3. The van der Waals surface area contributed by atoms with Gasteiger partial charge in [0.25, 0.3) is 10.0 Å². The van der Waals surface area contributed by atoms with E-state index in [-0.39, 0.29) is 4.90 Å². The number of rotatable bonds is 7. The molecule has 1 aromatic heterocycles. The lowest BCUT2D eigenvalue weighted by molar-refractivity contribution is 0.294. The highest BCUT2D eigenvalue weighted by Crippen LogP contribution is 2.27. The number of para-hydroxylation sites is 2. The Labute approximate surface area is 153 Å². The number of sulfonamides is 1. The molecule has 0 spiro atoms. The van der Waals surface area contributed by atoms with Gasteiger partial charge in [-0.2, -0.15) is 5.10 Å². The van der Waals surface area contributed by atoms with Gasteiger partial charge in [0.05, 0.1) is 16.3 Å². The molecule has 6 nitrogen and oxygen atoms in total. The number of aryl methyl sites for hydroxylation is 2. The van der Waals surface area contributed by atoms with Crippen LogP contribution in [0.25, 0.3) is 0 Å². The average molecular weight is 371 g/mol. The smallest absolute Gasteiger partial charge is 0.262 e. The third kappa shape index (κ3) is 4.05. The molecule has 3 rings (SSSR count). The molecule has 26 heavy (non-hydrogen) atoms. The molecule has 0 saturated carbocycles. The summed E-state index contributed by atoms with van der Waals surface area (Å²) in [7, 11) is -3.69. The Hall–Kier alpha value is -2.80. The number of anilines is 1. The number of nitrogens with one attached hydrogen (secondary N) is 1. The molecule has 2 aromatic carbocycles. The lowest BCUT2D eigenvalue weighted by Gasteiger charge is -2.14. The summed E-state index contributed by atoms with van der Waals surface area (Å²) in [6.45, 7) is 4.96. The van der Waals surface area contributed by atoms with Crippen LogP contribution in [0.3, 0.4) is 0 Å². The first-order chi connectivity index (χ1) is 12.5. The summed E-state index contributed by atoms with van der Waals surface area (Å²) >= 11 is 0. The van der Waals surface area contributed by atoms with E-state index in [4.69, 9.17) is 4.74 Å². The van der Waals surface area contributed by atoms with Crippen LogP contribution in [0, 0.1) is 6.92 Å². The Bertz CT molecular complexity index is 979. The summed E-state index contributed by atoms with van der Waals surface area (Å²) in [5.41, 5.74) is 2.32. The molecule has 0 aliphatic rings. The zero-order chi connectivity index (χ0) is 18.6. The summed E-state index contributed by atoms with van der Waals surface area (Å²) < 4.78 is 35.5. The van der Waals surface area contributed by atoms with Crippen molar-refractivity contribution >= 4 is 15.7 Å². The highest BCUT2D eigenvalue weighted by Gasteiger charge is 2.16. The average Bonchev–Trinajstić information content (AvgIpc) is 3.08. The Morgan fingerprint density at radius 3 is 2.54 bits per heavy atom. The summed E-state index contributed by atoms with van der Waals surface area (Å²) in [6.07, 6.45) is 1.72. The monoisotopic (exact) mass is 371 g/mol. The zero-order valence-corrected chi connectivity index (χ0v) is 15.5. The summed E-state index contributed by atoms with van der Waals surface area (Å²) in [6, 6.07) is 15.6. The van der Waals surface area contributed by atoms with E-state index in [0.717, 1.165) is 17.8 Å². The van der Waals surface area contributed by atoms with Crippen LogP contribution < -0.4 is 9.46 Å². The molecule has 0 saturated heterocycles. The van der Waals surface area contributed by atoms with E-state index in [1.165, 1.54) is 0 Å². The maximum absolute atomic E-state index is 12.6. The molecule has 0 aliphatic heterocycles. The molecule has 7 heteroatoms. The normalized spacial score (nSPS) is 11.3. The van der Waals surface area contributed by atoms with Gasteiger partial charge in [0.15, 0.2) is 0 Å². The number of hydrogen-bond donors (Lipinski definition) is 1. The Balaban J connectivity index is 1.79. The minimum absolute atomic E-state index is 0.210. The molecule has 0 fully saturated rings. The first kappa shape index (κ1) is 18.0. The summed E-state index contributed by atoms with van der Waals surface area (Å²) in [5, 5.41) is 4.20. The van der Waals surface area contributed by atoms with Crippen molar-refractivity contribution in [3.63, 3.8) is 0 Å². The van der Waals surface area contributed by atoms with Gasteiger partial charge in [0, 0.05) is 12.7 Å². The largest absolute Gasteiger partial charge is 0.485 e. The molecule has 136 valence electrons. The second-order valence-electron chi connectivity index (χ2n) is 5.84. The van der Waals surface area contributed by atoms with Crippen molar-refractivity contribution in [1.29, 1.82) is 0 Å². The zero-order valence-electron chi connectivity index (χ0n) is 14.7. The van der Waals surface area contributed by atoms with Crippen LogP contribution in [0.5, 0.6) is 5.75 Å². The first-order valence-electron chi connectivity index (χ1n) is 8.31. The van der Waals surface area contributed by atoms with E-state index in [1.54, 1.807) is 54.7 Å².